The number of nitrogens with zero attached hydrogens (tertiary/aromatic N) is 1. The number of carboxylic acids is 1. The molecule has 0 unspecified atom stereocenters. The first-order chi connectivity index (χ1) is 19.3. The number of likely N-dealkylation sites (tertiary alicyclic amines) is 1. The highest BCUT2D eigenvalue weighted by atomic mass is 19.1. The van der Waals surface area contributed by atoms with Crippen LogP contribution in [0, 0.1) is 23.7 Å². The van der Waals surface area contributed by atoms with Crippen molar-refractivity contribution in [3.63, 3.8) is 0 Å². The molecular weight excluding hydrogens is 515 g/mol. The fourth-order valence-electron chi connectivity index (χ4n) is 7.34. The van der Waals surface area contributed by atoms with Crippen LogP contribution in [0.2, 0.25) is 0 Å². The van der Waals surface area contributed by atoms with Crippen molar-refractivity contribution >= 4 is 34.4 Å². The highest BCUT2D eigenvalue weighted by molar-refractivity contribution is 6.00. The van der Waals surface area contributed by atoms with Gasteiger partial charge >= 0.3 is 5.97 Å². The second-order valence-corrected chi connectivity index (χ2v) is 11.9. The lowest BCUT2D eigenvalue weighted by molar-refractivity contribution is -0.142. The molecule has 0 bridgehead atoms. The number of carbonyl (C=O) groups excluding carboxylic acids is 2. The summed E-state index contributed by atoms with van der Waals surface area (Å²) in [6.07, 6.45) is 7.66. The van der Waals surface area contributed by atoms with Crippen LogP contribution < -0.4 is 11.1 Å². The second kappa shape index (κ2) is 12.3. The minimum Gasteiger partial charge on any atom is -0.477 e. The Bertz CT molecular complexity index is 1220. The number of methoxy groups -OCH3 is 1. The Kier molecular flexibility index (Phi) is 8.75. The Labute approximate surface area is 234 Å². The van der Waals surface area contributed by atoms with Crippen LogP contribution in [0.1, 0.15) is 68.3 Å². The first-order valence-corrected chi connectivity index (χ1v) is 14.6. The number of benzene rings is 1. The van der Waals surface area contributed by atoms with Crippen molar-refractivity contribution in [2.24, 2.45) is 29.4 Å². The van der Waals surface area contributed by atoms with Gasteiger partial charge in [-0.05, 0) is 99.8 Å². The van der Waals surface area contributed by atoms with Gasteiger partial charge in [-0.2, -0.15) is 0 Å². The SMILES string of the molecule is COC1CCC([C@H]2CCN(C(=O)C3CCC([C@H](N)CF)CC3)[C@H]2C(=O)Nc2ccc3[nH]c(C(=O)O)cc3c2)CC1. The lowest BCUT2D eigenvalue weighted by Gasteiger charge is -2.37. The van der Waals surface area contributed by atoms with Crippen LogP contribution in [-0.4, -0.2) is 71.3 Å². The number of carboxylic acid groups (broad SMARTS) is 1. The lowest BCUT2D eigenvalue weighted by atomic mass is 9.75. The summed E-state index contributed by atoms with van der Waals surface area (Å²) in [6.45, 7) is 0.00530. The van der Waals surface area contributed by atoms with Gasteiger partial charge in [0.1, 0.15) is 18.4 Å². The summed E-state index contributed by atoms with van der Waals surface area (Å²) in [7, 11) is 1.74. The van der Waals surface area contributed by atoms with Crippen molar-refractivity contribution in [3.05, 3.63) is 30.0 Å². The van der Waals surface area contributed by atoms with Crippen LogP contribution >= 0.6 is 0 Å². The monoisotopic (exact) mass is 556 g/mol. The first-order valence-electron chi connectivity index (χ1n) is 14.6. The summed E-state index contributed by atoms with van der Waals surface area (Å²) in [6, 6.07) is 5.75. The molecule has 10 heteroatoms. The molecule has 3 aliphatic rings. The number of H-pyrrole nitrogens is 1. The predicted molar refractivity (Wildman–Crippen MR) is 150 cm³/mol. The minimum absolute atomic E-state index is 0.0210. The van der Waals surface area contributed by atoms with Gasteiger partial charge in [0, 0.05) is 42.2 Å². The Morgan fingerprint density at radius 2 is 1.82 bits per heavy atom. The molecular formula is C30H41FN4O5. The average Bonchev–Trinajstić information content (AvgIpc) is 3.61. The van der Waals surface area contributed by atoms with Gasteiger partial charge in [-0.25, -0.2) is 9.18 Å². The summed E-state index contributed by atoms with van der Waals surface area (Å²) in [5, 5.41) is 13.0. The van der Waals surface area contributed by atoms with Crippen LogP contribution in [-0.2, 0) is 14.3 Å². The van der Waals surface area contributed by atoms with E-state index in [9.17, 15) is 23.9 Å². The summed E-state index contributed by atoms with van der Waals surface area (Å²) >= 11 is 0. The maximum atomic E-state index is 13.9. The molecule has 1 aromatic carbocycles. The van der Waals surface area contributed by atoms with Gasteiger partial charge in [-0.1, -0.05) is 0 Å². The number of halogens is 1. The number of aromatic amines is 1. The maximum absolute atomic E-state index is 13.9. The molecule has 2 amide bonds. The van der Waals surface area contributed by atoms with Crippen LogP contribution in [0.15, 0.2) is 24.3 Å². The van der Waals surface area contributed by atoms with Gasteiger partial charge in [0.05, 0.1) is 6.10 Å². The van der Waals surface area contributed by atoms with E-state index in [4.69, 9.17) is 10.5 Å². The van der Waals surface area contributed by atoms with Gasteiger partial charge < -0.3 is 30.8 Å². The van der Waals surface area contributed by atoms with Crippen LogP contribution in [0.4, 0.5) is 10.1 Å². The fraction of sp³-hybridized carbons (Fsp3) is 0.633. The predicted octanol–water partition coefficient (Wildman–Crippen LogP) is 4.33. The zero-order valence-electron chi connectivity index (χ0n) is 23.1. The number of hydrogen-bond donors (Lipinski definition) is 4. The number of amides is 2. The summed E-state index contributed by atoms with van der Waals surface area (Å²) in [5.74, 6) is -0.906. The van der Waals surface area contributed by atoms with Crippen molar-refractivity contribution in [2.75, 3.05) is 25.6 Å². The number of ether oxygens (including phenoxy) is 1. The van der Waals surface area contributed by atoms with E-state index in [0.29, 0.717) is 41.9 Å². The third kappa shape index (κ3) is 5.88. The fourth-order valence-corrected chi connectivity index (χ4v) is 7.34. The second-order valence-electron chi connectivity index (χ2n) is 11.9. The Balaban J connectivity index is 1.34. The number of nitrogens with one attached hydrogen (secondary N) is 2. The normalized spacial score (nSPS) is 29.8. The molecule has 5 rings (SSSR count). The van der Waals surface area contributed by atoms with E-state index in [0.717, 1.165) is 44.9 Å². The van der Waals surface area contributed by atoms with E-state index < -0.39 is 24.7 Å². The van der Waals surface area contributed by atoms with Gasteiger partial charge in [0.2, 0.25) is 11.8 Å². The zero-order chi connectivity index (χ0) is 28.4. The molecule has 1 aromatic heterocycles. The molecule has 0 radical (unpaired) electrons. The molecule has 5 N–H and O–H groups in total. The van der Waals surface area contributed by atoms with Crippen LogP contribution in [0.25, 0.3) is 10.9 Å². The number of anilines is 1. The standard InChI is InChI=1S/C30H41FN4O5/c1-40-22-9-6-17(7-10-22)23-12-13-35(29(37)19-4-2-18(3-5-19)24(32)16-31)27(23)28(36)33-21-8-11-25-20(14-21)15-26(34-25)30(38)39/h8,11,14-15,17-19,22-24,27,34H,2-7,9-10,12-13,16,32H2,1H3,(H,33,36)(H,38,39)/t17?,18?,19?,22?,23-,24-,27-/m1/s1. The molecule has 9 nitrogen and oxygen atoms in total. The van der Waals surface area contributed by atoms with Crippen molar-refractivity contribution in [3.8, 4) is 0 Å². The minimum atomic E-state index is -1.05. The van der Waals surface area contributed by atoms with Crippen LogP contribution in [0.5, 0.6) is 0 Å². The average molecular weight is 557 g/mol. The Morgan fingerprint density at radius 1 is 1.10 bits per heavy atom. The number of fused-ring (bicyclic) bond motifs is 1. The van der Waals surface area contributed by atoms with Gasteiger partial charge in [0.25, 0.3) is 0 Å². The molecule has 40 heavy (non-hydrogen) atoms. The van der Waals surface area contributed by atoms with E-state index in [1.54, 1.807) is 36.3 Å². The molecule has 218 valence electrons. The summed E-state index contributed by atoms with van der Waals surface area (Å²) in [5.41, 5.74) is 7.25. The number of rotatable bonds is 8. The van der Waals surface area contributed by atoms with Crippen molar-refractivity contribution in [2.45, 2.75) is 76.0 Å². The molecule has 3 atom stereocenters. The molecule has 2 saturated carbocycles. The quantitative estimate of drug-likeness (QED) is 0.382. The number of alkyl halides is 1. The number of nitrogens with two attached hydrogens (primary N) is 1. The number of aromatic carboxylic acids is 1. The highest BCUT2D eigenvalue weighted by Gasteiger charge is 2.47. The molecule has 1 saturated heterocycles. The molecule has 2 aromatic rings. The lowest BCUT2D eigenvalue weighted by Crippen LogP contribution is -2.50. The zero-order valence-corrected chi connectivity index (χ0v) is 23.1. The van der Waals surface area contributed by atoms with E-state index in [1.807, 2.05) is 0 Å². The molecule has 1 aliphatic heterocycles. The molecule has 2 aliphatic carbocycles. The van der Waals surface area contributed by atoms with E-state index in [-0.39, 0.29) is 41.4 Å². The van der Waals surface area contributed by atoms with Crippen LogP contribution in [0.3, 0.4) is 0 Å². The van der Waals surface area contributed by atoms with Crippen molar-refractivity contribution < 1.29 is 28.6 Å². The number of aromatic nitrogens is 1. The number of carbonyl (C=O) groups is 3. The largest absolute Gasteiger partial charge is 0.477 e. The summed E-state index contributed by atoms with van der Waals surface area (Å²) < 4.78 is 18.7. The maximum Gasteiger partial charge on any atom is 0.352 e. The molecule has 3 fully saturated rings. The molecule has 0 spiro atoms. The van der Waals surface area contributed by atoms with E-state index >= 15 is 0 Å². The van der Waals surface area contributed by atoms with Crippen molar-refractivity contribution in [1.82, 2.24) is 9.88 Å². The Hall–Kier alpha value is -2.98. The summed E-state index contributed by atoms with van der Waals surface area (Å²) in [4.78, 5) is 43.8. The smallest absolute Gasteiger partial charge is 0.352 e. The van der Waals surface area contributed by atoms with Crippen molar-refractivity contribution in [1.29, 1.82) is 0 Å². The highest BCUT2D eigenvalue weighted by Crippen LogP contribution is 2.42. The topological polar surface area (TPSA) is 138 Å². The Morgan fingerprint density at radius 3 is 2.48 bits per heavy atom. The van der Waals surface area contributed by atoms with Gasteiger partial charge in [0.15, 0.2) is 0 Å². The van der Waals surface area contributed by atoms with Gasteiger partial charge in [-0.3, -0.25) is 9.59 Å². The van der Waals surface area contributed by atoms with E-state index in [2.05, 4.69) is 10.3 Å². The third-order valence-electron chi connectivity index (χ3n) is 9.68. The first kappa shape index (κ1) is 28.5. The number of hydrogen-bond acceptors (Lipinski definition) is 5. The molecule has 2 heterocycles. The van der Waals surface area contributed by atoms with Gasteiger partial charge in [-0.15, -0.1) is 0 Å². The van der Waals surface area contributed by atoms with E-state index in [1.165, 1.54) is 0 Å². The third-order valence-corrected chi connectivity index (χ3v) is 9.68.